The molecule has 0 aromatic carbocycles. The molecule has 0 atom stereocenters. The maximum Gasteiger partial charge on any atom is 0.0918 e. The Morgan fingerprint density at radius 1 is 1.20 bits per heavy atom. The van der Waals surface area contributed by atoms with Crippen LogP contribution in [0.2, 0.25) is 0 Å². The largest absolute Gasteiger partial charge is 0.390 e. The molecule has 1 saturated heterocycles. The molecule has 0 aromatic rings. The summed E-state index contributed by atoms with van der Waals surface area (Å²) in [5.41, 5.74) is -0.181. The van der Waals surface area contributed by atoms with Crippen molar-refractivity contribution in [2.45, 2.75) is 43.8 Å². The van der Waals surface area contributed by atoms with Crippen LogP contribution in [0.3, 0.4) is 0 Å². The highest BCUT2D eigenvalue weighted by atomic mass is 16.6. The molecule has 1 aliphatic heterocycles. The van der Waals surface area contributed by atoms with E-state index in [0.717, 1.165) is 32.3 Å². The summed E-state index contributed by atoms with van der Waals surface area (Å²) in [7, 11) is 0. The predicted octanol–water partition coefficient (Wildman–Crippen LogP) is 1.08. The summed E-state index contributed by atoms with van der Waals surface area (Å²) in [5.74, 6) is 0. The average Bonchev–Trinajstić information content (AvgIpc) is 2.60. The normalized spacial score (nSPS) is 53.4. The molecule has 0 radical (unpaired) electrons. The summed E-state index contributed by atoms with van der Waals surface area (Å²) < 4.78 is 5.32. The van der Waals surface area contributed by atoms with Crippen molar-refractivity contribution in [3.8, 4) is 0 Å². The van der Waals surface area contributed by atoms with E-state index in [0.29, 0.717) is 0 Å². The highest BCUT2D eigenvalue weighted by Gasteiger charge is 2.49. The summed E-state index contributed by atoms with van der Waals surface area (Å²) in [4.78, 5) is 0. The Kier molecular flexibility index (Phi) is 1.15. The van der Waals surface area contributed by atoms with Gasteiger partial charge in [-0.2, -0.15) is 0 Å². The molecule has 1 aliphatic carbocycles. The molecule has 0 unspecified atom stereocenters. The van der Waals surface area contributed by atoms with Crippen LogP contribution in [-0.4, -0.2) is 22.9 Å². The van der Waals surface area contributed by atoms with Gasteiger partial charge in [-0.1, -0.05) is 0 Å². The molecular formula is C8H14O2. The number of hydrogen-bond acceptors (Lipinski definition) is 2. The second kappa shape index (κ2) is 1.74. The number of epoxide rings is 1. The minimum absolute atomic E-state index is 0.224. The molecule has 1 N–H and O–H groups in total. The Balaban J connectivity index is 1.95. The Hall–Kier alpha value is -0.0800. The molecule has 2 heteroatoms. The van der Waals surface area contributed by atoms with E-state index in [4.69, 9.17) is 4.74 Å². The summed E-state index contributed by atoms with van der Waals surface area (Å²) in [6, 6.07) is 0. The van der Waals surface area contributed by atoms with Gasteiger partial charge in [-0.05, 0) is 32.6 Å². The molecule has 0 aromatic heterocycles. The molecule has 10 heavy (non-hydrogen) atoms. The molecule has 0 amide bonds. The smallest absolute Gasteiger partial charge is 0.0918 e. The Morgan fingerprint density at radius 3 is 2.10 bits per heavy atom. The molecule has 58 valence electrons. The lowest BCUT2D eigenvalue weighted by atomic mass is 9.80. The molecular weight excluding hydrogens is 128 g/mol. The molecule has 2 rings (SSSR count). The van der Waals surface area contributed by atoms with E-state index in [-0.39, 0.29) is 5.60 Å². The quantitative estimate of drug-likeness (QED) is 0.513. The lowest BCUT2D eigenvalue weighted by Gasteiger charge is -2.31. The van der Waals surface area contributed by atoms with Crippen molar-refractivity contribution in [2.24, 2.45) is 0 Å². The third-order valence-electron chi connectivity index (χ3n) is 2.79. The van der Waals surface area contributed by atoms with Crippen LogP contribution in [-0.2, 0) is 4.74 Å². The van der Waals surface area contributed by atoms with Crippen LogP contribution in [0.25, 0.3) is 0 Å². The van der Waals surface area contributed by atoms with Gasteiger partial charge in [-0.3, -0.25) is 0 Å². The van der Waals surface area contributed by atoms with Crippen LogP contribution in [0.5, 0.6) is 0 Å². The van der Waals surface area contributed by atoms with E-state index in [1.807, 2.05) is 6.92 Å². The van der Waals surface area contributed by atoms with E-state index >= 15 is 0 Å². The topological polar surface area (TPSA) is 32.8 Å². The van der Waals surface area contributed by atoms with Gasteiger partial charge in [0.25, 0.3) is 0 Å². The van der Waals surface area contributed by atoms with E-state index in [2.05, 4.69) is 0 Å². The number of aliphatic hydroxyl groups is 1. The first-order valence-electron chi connectivity index (χ1n) is 3.98. The van der Waals surface area contributed by atoms with E-state index in [1.165, 1.54) is 0 Å². The molecule has 2 fully saturated rings. The Bertz CT molecular complexity index is 129. The van der Waals surface area contributed by atoms with Gasteiger partial charge in [-0.25, -0.2) is 0 Å². The summed E-state index contributed by atoms with van der Waals surface area (Å²) in [6.07, 6.45) is 3.93. The minimum Gasteiger partial charge on any atom is -0.390 e. The molecule has 1 heterocycles. The van der Waals surface area contributed by atoms with Crippen LogP contribution in [0.1, 0.15) is 32.6 Å². The second-order valence-electron chi connectivity index (χ2n) is 3.97. The van der Waals surface area contributed by atoms with Crippen LogP contribution < -0.4 is 0 Å². The van der Waals surface area contributed by atoms with Crippen molar-refractivity contribution in [3.63, 3.8) is 0 Å². The van der Waals surface area contributed by atoms with Crippen LogP contribution in [0.15, 0.2) is 0 Å². The summed E-state index contributed by atoms with van der Waals surface area (Å²) in [5, 5.41) is 9.58. The van der Waals surface area contributed by atoms with E-state index < -0.39 is 5.60 Å². The van der Waals surface area contributed by atoms with Crippen molar-refractivity contribution in [1.29, 1.82) is 0 Å². The highest BCUT2D eigenvalue weighted by Crippen LogP contribution is 2.44. The zero-order valence-corrected chi connectivity index (χ0v) is 6.39. The molecule has 0 bridgehead atoms. The van der Waals surface area contributed by atoms with Crippen molar-refractivity contribution >= 4 is 0 Å². The number of ether oxygens (including phenoxy) is 1. The third-order valence-corrected chi connectivity index (χ3v) is 2.79. The third kappa shape index (κ3) is 1.06. The van der Waals surface area contributed by atoms with Crippen molar-refractivity contribution in [3.05, 3.63) is 0 Å². The van der Waals surface area contributed by atoms with Crippen molar-refractivity contribution in [2.75, 3.05) is 6.61 Å². The van der Waals surface area contributed by atoms with Crippen LogP contribution >= 0.6 is 0 Å². The molecule has 1 saturated carbocycles. The predicted molar refractivity (Wildman–Crippen MR) is 37.8 cm³/mol. The van der Waals surface area contributed by atoms with E-state index in [9.17, 15) is 5.11 Å². The fourth-order valence-corrected chi connectivity index (χ4v) is 1.63. The van der Waals surface area contributed by atoms with Gasteiger partial charge < -0.3 is 9.84 Å². The fraction of sp³-hybridized carbons (Fsp3) is 1.00. The number of rotatable bonds is 0. The first kappa shape index (κ1) is 6.62. The first-order valence-corrected chi connectivity index (χ1v) is 3.98. The maximum absolute atomic E-state index is 9.58. The standard InChI is InChI=1S/C8H14O2/c1-7(9)2-4-8(5-3-7)6-10-8/h9H,2-6H2,1H3. The second-order valence-corrected chi connectivity index (χ2v) is 3.97. The van der Waals surface area contributed by atoms with Crippen molar-refractivity contribution in [1.82, 2.24) is 0 Å². The fourth-order valence-electron chi connectivity index (χ4n) is 1.63. The van der Waals surface area contributed by atoms with Gasteiger partial charge in [-0.15, -0.1) is 0 Å². The zero-order chi connectivity index (χ0) is 7.24. The SMILES string of the molecule is CC1(O)CCC2(CC1)CO2. The van der Waals surface area contributed by atoms with E-state index in [1.54, 1.807) is 0 Å². The van der Waals surface area contributed by atoms with Crippen LogP contribution in [0.4, 0.5) is 0 Å². The van der Waals surface area contributed by atoms with Gasteiger partial charge >= 0.3 is 0 Å². The Morgan fingerprint density at radius 2 is 1.70 bits per heavy atom. The van der Waals surface area contributed by atoms with Gasteiger partial charge in [0.1, 0.15) is 0 Å². The first-order chi connectivity index (χ1) is 4.62. The van der Waals surface area contributed by atoms with Gasteiger partial charge in [0.15, 0.2) is 0 Å². The highest BCUT2D eigenvalue weighted by molar-refractivity contribution is 4.99. The Labute approximate surface area is 61.2 Å². The monoisotopic (exact) mass is 142 g/mol. The average molecular weight is 142 g/mol. The molecule has 2 nitrogen and oxygen atoms in total. The van der Waals surface area contributed by atoms with Gasteiger partial charge in [0, 0.05) is 0 Å². The summed E-state index contributed by atoms with van der Waals surface area (Å²) >= 11 is 0. The summed E-state index contributed by atoms with van der Waals surface area (Å²) in [6.45, 7) is 2.85. The zero-order valence-electron chi connectivity index (χ0n) is 6.39. The molecule has 2 aliphatic rings. The maximum atomic E-state index is 9.58. The molecule has 1 spiro atoms. The lowest BCUT2D eigenvalue weighted by Crippen LogP contribution is -2.34. The minimum atomic E-state index is -0.406. The number of hydrogen-bond donors (Lipinski definition) is 1. The van der Waals surface area contributed by atoms with Gasteiger partial charge in [0.2, 0.25) is 0 Å². The van der Waals surface area contributed by atoms with Crippen LogP contribution in [0, 0.1) is 0 Å². The van der Waals surface area contributed by atoms with Crippen molar-refractivity contribution < 1.29 is 9.84 Å². The van der Waals surface area contributed by atoms with Gasteiger partial charge in [0.05, 0.1) is 17.8 Å². The lowest BCUT2D eigenvalue weighted by molar-refractivity contribution is 0.000629.